The van der Waals surface area contributed by atoms with Crippen molar-refractivity contribution in [2.24, 2.45) is 11.8 Å². The molecule has 1 amide bonds. The Morgan fingerprint density at radius 3 is 2.66 bits per heavy atom. The Labute approximate surface area is 187 Å². The molecule has 1 saturated heterocycles. The molecule has 12 nitrogen and oxygen atoms in total. The molecule has 1 aliphatic heterocycles. The van der Waals surface area contributed by atoms with Crippen LogP contribution in [0.4, 0.5) is 15.0 Å². The van der Waals surface area contributed by atoms with E-state index in [-0.39, 0.29) is 22.0 Å². The van der Waals surface area contributed by atoms with Gasteiger partial charge in [0, 0.05) is 19.1 Å². The zero-order chi connectivity index (χ0) is 22.4. The van der Waals surface area contributed by atoms with Crippen LogP contribution in [-0.4, -0.2) is 55.4 Å². The average molecular weight is 510 g/mol. The lowest BCUT2D eigenvalue weighted by Crippen LogP contribution is -2.40. The van der Waals surface area contributed by atoms with Crippen molar-refractivity contribution in [1.29, 1.82) is 0 Å². The number of nitrogens with zero attached hydrogens (tertiary/aromatic N) is 5. The maximum atomic E-state index is 13.6. The van der Waals surface area contributed by atoms with Gasteiger partial charge < -0.3 is 10.4 Å². The smallest absolute Gasteiger partial charge is 0.446 e. The molecule has 14 heteroatoms. The van der Waals surface area contributed by atoms with Gasteiger partial charge in [-0.15, -0.1) is 0 Å². The van der Waals surface area contributed by atoms with E-state index in [2.05, 4.69) is 42.1 Å². The van der Waals surface area contributed by atoms with E-state index in [0.717, 1.165) is 17.4 Å². The van der Waals surface area contributed by atoms with Gasteiger partial charge in [-0.3, -0.25) is 9.95 Å². The topological polar surface area (TPSA) is 152 Å². The first-order chi connectivity index (χ1) is 15.4. The van der Waals surface area contributed by atoms with Crippen LogP contribution in [0.2, 0.25) is 0 Å². The molecule has 1 saturated carbocycles. The summed E-state index contributed by atoms with van der Waals surface area (Å²) in [5.74, 6) is -0.206. The fourth-order valence-electron chi connectivity index (χ4n) is 4.52. The highest BCUT2D eigenvalue weighted by Gasteiger charge is 2.42. The number of anilines is 1. The summed E-state index contributed by atoms with van der Waals surface area (Å²) in [7, 11) is 0. The maximum absolute atomic E-state index is 13.6. The predicted molar refractivity (Wildman–Crippen MR) is 109 cm³/mol. The van der Waals surface area contributed by atoms with Crippen LogP contribution in [0, 0.1) is 17.7 Å². The number of hydrazine groups is 1. The first-order valence-corrected chi connectivity index (χ1v) is 10.6. The molecular formula is C18H17BrFN7O5. The van der Waals surface area contributed by atoms with Gasteiger partial charge in [-0.1, -0.05) is 5.16 Å². The van der Waals surface area contributed by atoms with Crippen molar-refractivity contribution >= 4 is 27.8 Å². The molecule has 0 radical (unpaired) electrons. The molecule has 1 aromatic carbocycles. The minimum Gasteiger partial charge on any atom is -0.464 e. The standard InChI is InChI=1S/C18H17BrFN7O5/c19-12-5-11(1-2-13(12)20)27-16(25-31-18(27)30)14-15(24-32-23-14)21-10-3-8-6-26(22-17(28)29)7-9(8)4-10/h1-2,5,8-10,22H,3-4,6-7H2,(H,21,24)(H,28,29). The summed E-state index contributed by atoms with van der Waals surface area (Å²) in [6, 6.07) is 4.11. The number of rotatable bonds is 5. The fraction of sp³-hybridized carbons (Fsp3) is 0.389. The van der Waals surface area contributed by atoms with E-state index in [1.54, 1.807) is 5.01 Å². The van der Waals surface area contributed by atoms with Crippen LogP contribution >= 0.6 is 15.9 Å². The van der Waals surface area contributed by atoms with Gasteiger partial charge in [-0.2, -0.15) is 0 Å². The van der Waals surface area contributed by atoms with Crippen molar-refractivity contribution in [3.8, 4) is 17.2 Å². The van der Waals surface area contributed by atoms with Gasteiger partial charge in [0.25, 0.3) is 0 Å². The highest BCUT2D eigenvalue weighted by Crippen LogP contribution is 2.39. The van der Waals surface area contributed by atoms with Crippen LogP contribution in [0.1, 0.15) is 12.8 Å². The van der Waals surface area contributed by atoms with Gasteiger partial charge in [0.05, 0.1) is 10.2 Å². The van der Waals surface area contributed by atoms with E-state index >= 15 is 0 Å². The molecule has 2 unspecified atom stereocenters. The SMILES string of the molecule is O=C(O)NN1CC2CC(Nc3nonc3-c3noc(=O)n3-c3ccc(F)c(Br)c3)CC2C1. The molecule has 2 atom stereocenters. The summed E-state index contributed by atoms with van der Waals surface area (Å²) in [6.07, 6.45) is 0.557. The lowest BCUT2D eigenvalue weighted by molar-refractivity contribution is 0.148. The van der Waals surface area contributed by atoms with Gasteiger partial charge in [0.1, 0.15) is 5.82 Å². The van der Waals surface area contributed by atoms with Crippen LogP contribution in [0.15, 0.2) is 36.6 Å². The monoisotopic (exact) mass is 509 g/mol. The number of hydrogen-bond acceptors (Lipinski definition) is 9. The molecule has 5 rings (SSSR count). The van der Waals surface area contributed by atoms with Crippen LogP contribution in [0.3, 0.4) is 0 Å². The van der Waals surface area contributed by atoms with Gasteiger partial charge in [-0.25, -0.2) is 28.2 Å². The van der Waals surface area contributed by atoms with Gasteiger partial charge in [0.15, 0.2) is 5.69 Å². The van der Waals surface area contributed by atoms with E-state index in [1.807, 2.05) is 0 Å². The number of nitrogens with one attached hydrogen (secondary N) is 2. The second-order valence-corrected chi connectivity index (χ2v) is 8.68. The number of carboxylic acid groups (broad SMARTS) is 1. The Balaban J connectivity index is 1.35. The van der Waals surface area contributed by atoms with E-state index in [4.69, 9.17) is 14.3 Å². The largest absolute Gasteiger partial charge is 0.464 e. The Morgan fingerprint density at radius 2 is 1.97 bits per heavy atom. The first kappa shape index (κ1) is 20.6. The molecule has 168 valence electrons. The molecule has 0 spiro atoms. The molecule has 3 N–H and O–H groups in total. The average Bonchev–Trinajstić information content (AvgIpc) is 3.48. The molecule has 2 aliphatic rings. The van der Waals surface area contributed by atoms with E-state index in [9.17, 15) is 14.0 Å². The zero-order valence-electron chi connectivity index (χ0n) is 16.4. The van der Waals surface area contributed by atoms with Crippen molar-refractivity contribution in [3.05, 3.63) is 39.0 Å². The lowest BCUT2D eigenvalue weighted by atomic mass is 10.0. The molecule has 2 fully saturated rings. The maximum Gasteiger partial charge on any atom is 0.446 e. The van der Waals surface area contributed by atoms with E-state index in [1.165, 1.54) is 18.2 Å². The molecule has 3 aromatic rings. The number of aromatic nitrogens is 4. The van der Waals surface area contributed by atoms with Crippen molar-refractivity contribution < 1.29 is 23.4 Å². The van der Waals surface area contributed by atoms with Gasteiger partial charge >= 0.3 is 11.8 Å². The van der Waals surface area contributed by atoms with Crippen molar-refractivity contribution in [2.45, 2.75) is 18.9 Å². The van der Waals surface area contributed by atoms with Crippen molar-refractivity contribution in [1.82, 2.24) is 30.5 Å². The van der Waals surface area contributed by atoms with Crippen molar-refractivity contribution in [2.75, 3.05) is 18.4 Å². The summed E-state index contributed by atoms with van der Waals surface area (Å²) in [4.78, 5) is 23.1. The quantitative estimate of drug-likeness (QED) is 0.465. The van der Waals surface area contributed by atoms with Crippen LogP contribution in [0.5, 0.6) is 0 Å². The Morgan fingerprint density at radius 1 is 1.22 bits per heavy atom. The van der Waals surface area contributed by atoms with E-state index < -0.39 is 17.7 Å². The lowest BCUT2D eigenvalue weighted by Gasteiger charge is -2.18. The second kappa shape index (κ2) is 8.02. The predicted octanol–water partition coefficient (Wildman–Crippen LogP) is 2.08. The number of carbonyl (C=O) groups is 1. The number of halogens is 2. The number of fused-ring (bicyclic) bond motifs is 1. The molecular weight excluding hydrogens is 493 g/mol. The van der Waals surface area contributed by atoms with Crippen LogP contribution in [0.25, 0.3) is 17.2 Å². The number of benzene rings is 1. The highest BCUT2D eigenvalue weighted by molar-refractivity contribution is 9.10. The van der Waals surface area contributed by atoms with E-state index in [0.29, 0.717) is 36.4 Å². The summed E-state index contributed by atoms with van der Waals surface area (Å²) in [6.45, 7) is 1.28. The van der Waals surface area contributed by atoms with Gasteiger partial charge in [-0.05, 0) is 69.1 Å². The first-order valence-electron chi connectivity index (χ1n) is 9.77. The fourth-order valence-corrected chi connectivity index (χ4v) is 4.89. The number of amides is 1. The zero-order valence-corrected chi connectivity index (χ0v) is 18.0. The summed E-state index contributed by atoms with van der Waals surface area (Å²) in [5.41, 5.74) is 2.92. The van der Waals surface area contributed by atoms with Gasteiger partial charge in [0.2, 0.25) is 11.6 Å². The molecule has 3 heterocycles. The molecule has 2 aromatic heterocycles. The summed E-state index contributed by atoms with van der Waals surface area (Å²) in [5, 5.41) is 25.5. The Hall–Kier alpha value is -3.26. The molecule has 1 aliphatic carbocycles. The Kier molecular flexibility index (Phi) is 5.17. The minimum absolute atomic E-state index is 0.0623. The summed E-state index contributed by atoms with van der Waals surface area (Å²) < 4.78 is 24.7. The summed E-state index contributed by atoms with van der Waals surface area (Å²) >= 11 is 3.10. The third-order valence-corrected chi connectivity index (χ3v) is 6.42. The Bertz CT molecular complexity index is 1210. The third kappa shape index (κ3) is 3.75. The third-order valence-electron chi connectivity index (χ3n) is 5.81. The normalized spacial score (nSPS) is 22.8. The van der Waals surface area contributed by atoms with Crippen LogP contribution in [-0.2, 0) is 0 Å². The minimum atomic E-state index is -1.06. The number of hydrogen-bond donors (Lipinski definition) is 3. The highest BCUT2D eigenvalue weighted by atomic mass is 79.9. The second-order valence-electron chi connectivity index (χ2n) is 7.82. The molecule has 32 heavy (non-hydrogen) atoms. The van der Waals surface area contributed by atoms with Crippen LogP contribution < -0.4 is 16.5 Å². The molecule has 0 bridgehead atoms. The van der Waals surface area contributed by atoms with Crippen molar-refractivity contribution in [3.63, 3.8) is 0 Å².